The molecule has 2 aliphatic heterocycles. The molecule has 1 aromatic rings. The minimum absolute atomic E-state index is 0.00906. The van der Waals surface area contributed by atoms with Gasteiger partial charge in [-0.15, -0.1) is 0 Å². The van der Waals surface area contributed by atoms with Crippen LogP contribution in [0.5, 0.6) is 0 Å². The fourth-order valence-corrected chi connectivity index (χ4v) is 3.13. The zero-order valence-electron chi connectivity index (χ0n) is 13.7. The minimum atomic E-state index is -0.382. The summed E-state index contributed by atoms with van der Waals surface area (Å²) in [4.78, 5) is 27.0. The molecule has 2 aliphatic rings. The van der Waals surface area contributed by atoms with E-state index in [1.807, 2.05) is 4.90 Å². The number of nitrogens with one attached hydrogen (secondary N) is 1. The van der Waals surface area contributed by atoms with Crippen molar-refractivity contribution in [2.24, 2.45) is 0 Å². The van der Waals surface area contributed by atoms with Crippen LogP contribution in [-0.4, -0.2) is 64.8 Å². The van der Waals surface area contributed by atoms with Crippen LogP contribution in [0.1, 0.15) is 49.9 Å². The molecule has 126 valence electrons. The Morgan fingerprint density at radius 2 is 2.13 bits per heavy atom. The van der Waals surface area contributed by atoms with Crippen molar-refractivity contribution < 1.29 is 14.3 Å². The van der Waals surface area contributed by atoms with Crippen molar-refractivity contribution >= 4 is 12.0 Å². The van der Waals surface area contributed by atoms with E-state index in [1.165, 1.54) is 10.6 Å². The van der Waals surface area contributed by atoms with E-state index >= 15 is 0 Å². The first kappa shape index (κ1) is 15.8. The Labute approximate surface area is 136 Å². The SMILES string of the molecule is CC(C)c1cc(C2CCN(C(=O)CN3CCOC3=O)CC2)[nH]n1. The Balaban J connectivity index is 1.51. The maximum Gasteiger partial charge on any atom is 0.410 e. The lowest BCUT2D eigenvalue weighted by molar-refractivity contribution is -0.132. The number of carbonyl (C=O) groups excluding carboxylic acids is 2. The van der Waals surface area contributed by atoms with E-state index in [4.69, 9.17) is 4.74 Å². The summed E-state index contributed by atoms with van der Waals surface area (Å²) in [7, 11) is 0. The predicted octanol–water partition coefficient (Wildman–Crippen LogP) is 1.69. The summed E-state index contributed by atoms with van der Waals surface area (Å²) in [6.07, 6.45) is 1.47. The number of hydrogen-bond acceptors (Lipinski definition) is 4. The Hall–Kier alpha value is -2.05. The van der Waals surface area contributed by atoms with Crippen LogP contribution in [0.25, 0.3) is 0 Å². The number of cyclic esters (lactones) is 1. The summed E-state index contributed by atoms with van der Waals surface area (Å²) in [5.41, 5.74) is 2.26. The lowest BCUT2D eigenvalue weighted by Gasteiger charge is -2.32. The van der Waals surface area contributed by atoms with Crippen LogP contribution in [0.2, 0.25) is 0 Å². The van der Waals surface area contributed by atoms with Crippen molar-refractivity contribution in [3.63, 3.8) is 0 Å². The number of carbonyl (C=O) groups is 2. The number of nitrogens with zero attached hydrogens (tertiary/aromatic N) is 3. The summed E-state index contributed by atoms with van der Waals surface area (Å²) >= 11 is 0. The largest absolute Gasteiger partial charge is 0.448 e. The van der Waals surface area contributed by atoms with Gasteiger partial charge in [0.2, 0.25) is 5.91 Å². The number of piperidine rings is 1. The van der Waals surface area contributed by atoms with Crippen molar-refractivity contribution in [2.45, 2.75) is 38.5 Å². The second-order valence-electron chi connectivity index (χ2n) is 6.59. The van der Waals surface area contributed by atoms with Crippen LogP contribution in [0.3, 0.4) is 0 Å². The number of aromatic amines is 1. The maximum absolute atomic E-state index is 12.3. The summed E-state index contributed by atoms with van der Waals surface area (Å²) < 4.78 is 4.86. The molecule has 2 fully saturated rings. The smallest absolute Gasteiger partial charge is 0.410 e. The number of amides is 2. The molecule has 7 heteroatoms. The van der Waals surface area contributed by atoms with E-state index in [0.717, 1.165) is 31.6 Å². The Morgan fingerprint density at radius 3 is 2.70 bits per heavy atom. The first-order valence-electron chi connectivity index (χ1n) is 8.29. The van der Waals surface area contributed by atoms with Crippen LogP contribution in [0.4, 0.5) is 4.79 Å². The standard InChI is InChI=1S/C16H24N4O3/c1-11(2)13-9-14(18-17-13)12-3-5-19(6-4-12)15(21)10-20-7-8-23-16(20)22/h9,11-12H,3-8,10H2,1-2H3,(H,17,18). The molecule has 0 atom stereocenters. The third kappa shape index (κ3) is 3.48. The Morgan fingerprint density at radius 1 is 1.39 bits per heavy atom. The highest BCUT2D eigenvalue weighted by Crippen LogP contribution is 2.28. The van der Waals surface area contributed by atoms with Crippen LogP contribution in [0.15, 0.2) is 6.07 Å². The summed E-state index contributed by atoms with van der Waals surface area (Å²) in [6.45, 7) is 6.73. The number of rotatable bonds is 4. The van der Waals surface area contributed by atoms with Gasteiger partial charge in [-0.1, -0.05) is 13.8 Å². The van der Waals surface area contributed by atoms with Gasteiger partial charge in [0.05, 0.1) is 12.2 Å². The average Bonchev–Trinajstić information content (AvgIpc) is 3.17. The number of ether oxygens (including phenoxy) is 1. The van der Waals surface area contributed by atoms with E-state index in [0.29, 0.717) is 25.0 Å². The van der Waals surface area contributed by atoms with Crippen molar-refractivity contribution in [3.05, 3.63) is 17.5 Å². The van der Waals surface area contributed by atoms with Gasteiger partial charge >= 0.3 is 6.09 Å². The molecule has 0 radical (unpaired) electrons. The first-order valence-corrected chi connectivity index (χ1v) is 8.29. The van der Waals surface area contributed by atoms with Crippen molar-refractivity contribution in [1.82, 2.24) is 20.0 Å². The minimum Gasteiger partial charge on any atom is -0.448 e. The van der Waals surface area contributed by atoms with E-state index in [9.17, 15) is 9.59 Å². The van der Waals surface area contributed by atoms with Gasteiger partial charge in [-0.3, -0.25) is 14.8 Å². The number of hydrogen-bond donors (Lipinski definition) is 1. The van der Waals surface area contributed by atoms with Crippen molar-refractivity contribution in [1.29, 1.82) is 0 Å². The molecule has 1 aromatic heterocycles. The van der Waals surface area contributed by atoms with E-state index < -0.39 is 0 Å². The third-order valence-electron chi connectivity index (χ3n) is 4.67. The van der Waals surface area contributed by atoms with E-state index in [-0.39, 0.29) is 18.5 Å². The highest BCUT2D eigenvalue weighted by molar-refractivity contribution is 5.83. The molecule has 2 amide bonds. The lowest BCUT2D eigenvalue weighted by Crippen LogP contribution is -2.44. The average molecular weight is 320 g/mol. The van der Waals surface area contributed by atoms with Crippen LogP contribution in [0, 0.1) is 0 Å². The van der Waals surface area contributed by atoms with Gasteiger partial charge in [0.25, 0.3) is 0 Å². The molecule has 3 rings (SSSR count). The van der Waals surface area contributed by atoms with E-state index in [1.54, 1.807) is 0 Å². The number of aromatic nitrogens is 2. The Bertz CT molecular complexity index is 576. The third-order valence-corrected chi connectivity index (χ3v) is 4.67. The maximum atomic E-state index is 12.3. The molecule has 0 aromatic carbocycles. The predicted molar refractivity (Wildman–Crippen MR) is 84.2 cm³/mol. The lowest BCUT2D eigenvalue weighted by atomic mass is 9.93. The van der Waals surface area contributed by atoms with Gasteiger partial charge in [-0.05, 0) is 24.8 Å². The molecule has 7 nitrogen and oxygen atoms in total. The highest BCUT2D eigenvalue weighted by atomic mass is 16.6. The molecule has 0 unspecified atom stereocenters. The summed E-state index contributed by atoms with van der Waals surface area (Å²) in [6, 6.07) is 2.15. The van der Waals surface area contributed by atoms with Gasteiger partial charge in [0.15, 0.2) is 0 Å². The fraction of sp³-hybridized carbons (Fsp3) is 0.688. The number of H-pyrrole nitrogens is 1. The molecule has 0 bridgehead atoms. The second-order valence-corrected chi connectivity index (χ2v) is 6.59. The van der Waals surface area contributed by atoms with Crippen LogP contribution in [-0.2, 0) is 9.53 Å². The highest BCUT2D eigenvalue weighted by Gasteiger charge is 2.29. The van der Waals surface area contributed by atoms with Crippen molar-refractivity contribution in [3.8, 4) is 0 Å². The normalized spacial score (nSPS) is 19.5. The second kappa shape index (κ2) is 6.60. The molecule has 0 aliphatic carbocycles. The summed E-state index contributed by atoms with van der Waals surface area (Å²) in [5.74, 6) is 0.854. The molecule has 1 N–H and O–H groups in total. The zero-order valence-corrected chi connectivity index (χ0v) is 13.7. The van der Waals surface area contributed by atoms with Crippen molar-refractivity contribution in [2.75, 3.05) is 32.8 Å². The molecule has 23 heavy (non-hydrogen) atoms. The molecular weight excluding hydrogens is 296 g/mol. The molecule has 0 spiro atoms. The Kier molecular flexibility index (Phi) is 4.54. The molecule has 2 saturated heterocycles. The zero-order chi connectivity index (χ0) is 16.4. The molecule has 3 heterocycles. The monoisotopic (exact) mass is 320 g/mol. The first-order chi connectivity index (χ1) is 11.0. The topological polar surface area (TPSA) is 78.5 Å². The van der Waals surface area contributed by atoms with Gasteiger partial charge in [-0.25, -0.2) is 4.79 Å². The van der Waals surface area contributed by atoms with Crippen LogP contribution >= 0.6 is 0 Å². The quantitative estimate of drug-likeness (QED) is 0.915. The molecular formula is C16H24N4O3. The fourth-order valence-electron chi connectivity index (χ4n) is 3.13. The molecule has 0 saturated carbocycles. The number of likely N-dealkylation sites (tertiary alicyclic amines) is 1. The van der Waals surface area contributed by atoms with Gasteiger partial charge < -0.3 is 9.64 Å². The van der Waals surface area contributed by atoms with Crippen LogP contribution < -0.4 is 0 Å². The van der Waals surface area contributed by atoms with Gasteiger partial charge in [-0.2, -0.15) is 5.10 Å². The van der Waals surface area contributed by atoms with Gasteiger partial charge in [0.1, 0.15) is 13.2 Å². The van der Waals surface area contributed by atoms with Gasteiger partial charge in [0, 0.05) is 24.7 Å². The van der Waals surface area contributed by atoms with E-state index in [2.05, 4.69) is 30.1 Å². The summed E-state index contributed by atoms with van der Waals surface area (Å²) in [5, 5.41) is 7.50.